The number of benzene rings is 4. The van der Waals surface area contributed by atoms with E-state index in [0.717, 1.165) is 0 Å². The van der Waals surface area contributed by atoms with E-state index in [9.17, 15) is 18.4 Å². The van der Waals surface area contributed by atoms with E-state index in [2.05, 4.69) is 0 Å². The van der Waals surface area contributed by atoms with E-state index < -0.39 is 116 Å². The first-order valence-corrected chi connectivity index (χ1v) is 20.7. The Balaban J connectivity index is 1.28. The summed E-state index contributed by atoms with van der Waals surface area (Å²) < 4.78 is 164. The minimum atomic E-state index is -2.45. The normalized spacial score (nSPS) is 20.6. The smallest absolute Gasteiger partial charge is 0.410 e. The Hall–Kier alpha value is -5.68. The molecule has 2 heterocycles. The highest BCUT2D eigenvalue weighted by Gasteiger charge is 2.57. The molecule has 3 fully saturated rings. The number of hydrogen-bond acceptors (Lipinski definition) is 6. The number of anilines is 2. The molecule has 0 radical (unpaired) electrons. The number of rotatable bonds is 6. The third-order valence-electron chi connectivity index (χ3n) is 11.9. The van der Waals surface area contributed by atoms with Crippen molar-refractivity contribution in [2.45, 2.75) is 76.4 Å². The van der Waals surface area contributed by atoms with Gasteiger partial charge in [0.1, 0.15) is 11.2 Å². The molecule has 0 aromatic heterocycles. The molecule has 0 spiro atoms. The molecule has 8 nitrogen and oxygen atoms in total. The topological polar surface area (TPSA) is 65.6 Å². The first-order valence-electron chi connectivity index (χ1n) is 20.7. The second-order valence-corrected chi connectivity index (χ2v) is 18.2. The Morgan fingerprint density at radius 1 is 0.406 bits per heavy atom. The van der Waals surface area contributed by atoms with Gasteiger partial charge in [0.25, 0.3) is 0 Å². The molecule has 4 aromatic carbocycles. The van der Waals surface area contributed by atoms with Gasteiger partial charge in [-0.05, 0) is 88.8 Å². The van der Waals surface area contributed by atoms with Crippen molar-refractivity contribution in [1.29, 1.82) is 0 Å². The van der Waals surface area contributed by atoms with E-state index in [-0.39, 0.29) is 37.3 Å². The Kier molecular flexibility index (Phi) is 12.6. The van der Waals surface area contributed by atoms with Gasteiger partial charge in [-0.25, -0.2) is 53.5 Å². The van der Waals surface area contributed by atoms with Crippen LogP contribution in [-0.2, 0) is 9.47 Å². The highest BCUT2D eigenvalue weighted by molar-refractivity contribution is 5.69. The summed E-state index contributed by atoms with van der Waals surface area (Å²) in [4.78, 5) is 32.1. The van der Waals surface area contributed by atoms with Crippen LogP contribution in [0.3, 0.4) is 0 Å². The van der Waals surface area contributed by atoms with E-state index in [4.69, 9.17) is 9.47 Å². The Morgan fingerprint density at radius 2 is 0.656 bits per heavy atom. The van der Waals surface area contributed by atoms with Gasteiger partial charge in [-0.1, -0.05) is 24.3 Å². The molecule has 64 heavy (non-hydrogen) atoms. The van der Waals surface area contributed by atoms with Crippen LogP contribution in [-0.4, -0.2) is 85.5 Å². The summed E-state index contributed by atoms with van der Waals surface area (Å²) in [7, 11) is 0. The van der Waals surface area contributed by atoms with Gasteiger partial charge in [0, 0.05) is 86.7 Å². The number of piperazine rings is 2. The van der Waals surface area contributed by atoms with Gasteiger partial charge < -0.3 is 29.1 Å². The fourth-order valence-corrected chi connectivity index (χ4v) is 8.89. The van der Waals surface area contributed by atoms with Crippen LogP contribution in [0.15, 0.2) is 48.5 Å². The molecule has 18 heteroatoms. The van der Waals surface area contributed by atoms with Crippen LogP contribution in [0.4, 0.5) is 64.9 Å². The second kappa shape index (κ2) is 17.4. The van der Waals surface area contributed by atoms with E-state index in [1.54, 1.807) is 41.5 Å². The molecule has 0 bridgehead atoms. The minimum Gasteiger partial charge on any atom is -0.444 e. The number of carbonyl (C=O) groups excluding carboxylic acids is 2. The largest absolute Gasteiger partial charge is 0.444 e. The van der Waals surface area contributed by atoms with Crippen LogP contribution in [0.5, 0.6) is 0 Å². The summed E-state index contributed by atoms with van der Waals surface area (Å²) in [5.74, 6) is -29.8. The summed E-state index contributed by atoms with van der Waals surface area (Å²) >= 11 is 0. The molecule has 1 saturated carbocycles. The van der Waals surface area contributed by atoms with Crippen molar-refractivity contribution in [1.82, 2.24) is 9.80 Å². The predicted molar refractivity (Wildman–Crippen MR) is 216 cm³/mol. The molecule has 0 atom stereocenters. The molecule has 0 N–H and O–H groups in total. The van der Waals surface area contributed by atoms with Crippen LogP contribution < -0.4 is 9.80 Å². The number of halogens is 10. The molecule has 1 aliphatic carbocycles. The fraction of sp³-hybridized carbons (Fsp3) is 0.435. The SMILES string of the molecule is CC(C)(C)OC(=O)N1CCN(c2ccc(C3C(c4c(F)c(F)c(F)c(F)c4F)C(c4ccc(N5CCN(C(=O)OC(C)(C)C)CC5)cc4)C3c3c(F)c(F)c(F)c(F)c3F)cc2)CC1. The molecule has 2 aliphatic heterocycles. The first-order chi connectivity index (χ1) is 30.0. The van der Waals surface area contributed by atoms with Crippen molar-refractivity contribution >= 4 is 23.6 Å². The zero-order valence-corrected chi connectivity index (χ0v) is 35.8. The van der Waals surface area contributed by atoms with E-state index in [1.165, 1.54) is 58.3 Å². The zero-order chi connectivity index (χ0) is 46.7. The third kappa shape index (κ3) is 8.75. The van der Waals surface area contributed by atoms with Crippen LogP contribution in [0.1, 0.15) is 87.5 Å². The summed E-state index contributed by atoms with van der Waals surface area (Å²) in [6.07, 6.45) is -1.01. The van der Waals surface area contributed by atoms with Gasteiger partial charge in [0.15, 0.2) is 46.5 Å². The van der Waals surface area contributed by atoms with Gasteiger partial charge in [0.05, 0.1) is 0 Å². The van der Waals surface area contributed by atoms with Crippen molar-refractivity contribution in [3.63, 3.8) is 0 Å². The maximum Gasteiger partial charge on any atom is 0.410 e. The standard InChI is InChI=1S/C46H46F10N4O4/c1-45(2,3)63-43(61)59-19-15-57(16-20-59)25-11-7-23(8-12-25)27-29(31-33(47)37(51)41(55)38(52)34(31)48)28(30(27)32-35(49)39(53)42(56)40(54)36(32)50)24-9-13-26(14-10-24)58-17-21-60(22-18-58)44(62)64-46(4,5)6/h7-14,27-30H,15-22H2,1-6H3. The Morgan fingerprint density at radius 3 is 0.906 bits per heavy atom. The lowest BCUT2D eigenvalue weighted by Crippen LogP contribution is -2.50. The summed E-state index contributed by atoms with van der Waals surface area (Å²) in [5, 5.41) is 0. The van der Waals surface area contributed by atoms with Crippen molar-refractivity contribution in [2.75, 3.05) is 62.2 Å². The quantitative estimate of drug-likeness (QED) is 0.109. The van der Waals surface area contributed by atoms with Crippen molar-refractivity contribution < 1.29 is 63.0 Å². The average molecular weight is 909 g/mol. The Bertz CT molecular complexity index is 2190. The van der Waals surface area contributed by atoms with Crippen molar-refractivity contribution in [3.8, 4) is 0 Å². The minimum absolute atomic E-state index is 0.0368. The number of amides is 2. The summed E-state index contributed by atoms with van der Waals surface area (Å²) in [5.41, 5.74) is -2.89. The molecule has 2 amide bonds. The summed E-state index contributed by atoms with van der Waals surface area (Å²) in [6, 6.07) is 11.7. The van der Waals surface area contributed by atoms with Crippen molar-refractivity contribution in [3.05, 3.63) is 129 Å². The lowest BCUT2D eigenvalue weighted by molar-refractivity contribution is 0.0230. The maximum atomic E-state index is 16.0. The van der Waals surface area contributed by atoms with Gasteiger partial charge in [-0.15, -0.1) is 0 Å². The van der Waals surface area contributed by atoms with Gasteiger partial charge in [-0.2, -0.15) is 0 Å². The molecule has 344 valence electrons. The highest BCUT2D eigenvalue weighted by atomic mass is 19.2. The van der Waals surface area contributed by atoms with Gasteiger partial charge in [-0.3, -0.25) is 0 Å². The molecule has 7 rings (SSSR count). The summed E-state index contributed by atoms with van der Waals surface area (Å²) in [6.45, 7) is 12.8. The predicted octanol–water partition coefficient (Wildman–Crippen LogP) is 10.6. The van der Waals surface area contributed by atoms with Crippen LogP contribution in [0.25, 0.3) is 0 Å². The van der Waals surface area contributed by atoms with Crippen LogP contribution >= 0.6 is 0 Å². The molecule has 0 unspecified atom stereocenters. The van der Waals surface area contributed by atoms with Gasteiger partial charge in [0.2, 0.25) is 11.6 Å². The number of ether oxygens (including phenoxy) is 2. The van der Waals surface area contributed by atoms with Crippen LogP contribution in [0, 0.1) is 58.2 Å². The highest BCUT2D eigenvalue weighted by Crippen LogP contribution is 2.68. The lowest BCUT2D eigenvalue weighted by atomic mass is 9.49. The van der Waals surface area contributed by atoms with Gasteiger partial charge >= 0.3 is 12.2 Å². The third-order valence-corrected chi connectivity index (χ3v) is 11.9. The Labute approximate surface area is 363 Å². The zero-order valence-electron chi connectivity index (χ0n) is 35.8. The average Bonchev–Trinajstić information content (AvgIpc) is 3.25. The maximum absolute atomic E-state index is 16.0. The molecule has 2 saturated heterocycles. The number of hydrogen-bond donors (Lipinski definition) is 0. The van der Waals surface area contributed by atoms with Crippen molar-refractivity contribution in [2.24, 2.45) is 0 Å². The monoisotopic (exact) mass is 908 g/mol. The van der Waals surface area contributed by atoms with E-state index >= 15 is 35.1 Å². The fourth-order valence-electron chi connectivity index (χ4n) is 8.89. The first kappa shape index (κ1) is 46.3. The molecular weight excluding hydrogens is 863 g/mol. The molecule has 3 aliphatic rings. The number of carbonyl (C=O) groups is 2. The molecule has 4 aromatic rings. The second-order valence-electron chi connectivity index (χ2n) is 18.2. The van der Waals surface area contributed by atoms with Crippen LogP contribution in [0.2, 0.25) is 0 Å². The lowest BCUT2D eigenvalue weighted by Gasteiger charge is -2.53. The molecular formula is C46H46F10N4O4. The van der Waals surface area contributed by atoms with E-state index in [1.807, 2.05) is 9.80 Å². The van der Waals surface area contributed by atoms with E-state index in [0.29, 0.717) is 37.6 Å². The number of nitrogens with zero attached hydrogens (tertiary/aromatic N) is 4.